The molecule has 25 heteroatoms. The standard InChI is InChI=1S/C32H36FN5O3.C30H37FN4O3.C29H35FN4O3/c33-27-9-7-25(8-10-27)12-15-38-28(22-35-32(38)30-21-26(11-13-34-30)31(40)24-39)23-37-18-16-36(17-19-37)14-4-20-41-29-5-2-1-3-6-29;31-24-8-6-22(7-9-24)11-17-35-25(19-33-30(35)28-18-23(10-14-32-28)29(37)21-36)20-34-15-12-27(13-16-34)38-26-4-2-1-3-5-26;30-23-8-6-21(7-9-23)11-17-34-24(19-32-28(34)27-18-22(29(35)36)10-14-31-27)20-33-15-12-26(13-16-33)37-25-4-2-1-3-5-25/h1-3,5-11,13,21-22,39H,4,12,14-20,23-24H2;6-10,14,18-19,26-27,36H,1-5,11-13,15-17,20-21H2;6-10,14,18-19,25-26H,1-5,11-13,15-17,20H2,(H,35,36). The number of hydrogen-bond acceptors (Lipinski definition) is 18. The largest absolute Gasteiger partial charge is 0.494 e. The molecular formula is C91H108F3N13O9. The average molecular weight is 1580 g/mol. The molecule has 612 valence electrons. The average Bonchev–Trinajstić information content (AvgIpc) is 1.66. The van der Waals surface area contributed by atoms with Crippen LogP contribution in [0.1, 0.15) is 161 Å². The van der Waals surface area contributed by atoms with Gasteiger partial charge in [0.25, 0.3) is 0 Å². The highest BCUT2D eigenvalue weighted by Crippen LogP contribution is 2.31. The van der Waals surface area contributed by atoms with Crippen LogP contribution < -0.4 is 4.74 Å². The number of aromatic carboxylic acids is 1. The number of likely N-dealkylation sites (tertiary alicyclic amines) is 2. The van der Waals surface area contributed by atoms with Gasteiger partial charge in [0.05, 0.1) is 72.3 Å². The molecule has 0 radical (unpaired) electrons. The zero-order valence-electron chi connectivity index (χ0n) is 66.2. The number of hydrogen-bond donors (Lipinski definition) is 3. The third-order valence-electron chi connectivity index (χ3n) is 22.8. The fourth-order valence-electron chi connectivity index (χ4n) is 16.2. The van der Waals surface area contributed by atoms with Crippen molar-refractivity contribution in [2.45, 2.75) is 179 Å². The van der Waals surface area contributed by atoms with Gasteiger partial charge in [0, 0.05) is 128 Å². The zero-order valence-corrected chi connectivity index (χ0v) is 66.2. The van der Waals surface area contributed by atoms with Gasteiger partial charge in [0.1, 0.15) is 53.5 Å². The molecule has 0 unspecified atom stereocenters. The minimum absolute atomic E-state index is 0.180. The van der Waals surface area contributed by atoms with E-state index in [1.165, 1.54) is 113 Å². The summed E-state index contributed by atoms with van der Waals surface area (Å²) in [6.45, 7) is 12.6. The smallest absolute Gasteiger partial charge is 0.335 e. The number of pyridine rings is 3. The van der Waals surface area contributed by atoms with E-state index >= 15 is 0 Å². The first-order chi connectivity index (χ1) is 56.7. The lowest BCUT2D eigenvalue weighted by atomic mass is 9.97. The fourth-order valence-corrected chi connectivity index (χ4v) is 16.2. The van der Waals surface area contributed by atoms with Gasteiger partial charge in [0.15, 0.2) is 29.0 Å². The second-order valence-electron chi connectivity index (χ2n) is 30.9. The molecule has 0 amide bonds. The molecule has 10 aromatic rings. The normalized spacial score (nSPS) is 16.5. The number of carboxylic acids is 1. The maximum absolute atomic E-state index is 13.4. The highest BCUT2D eigenvalue weighted by Gasteiger charge is 2.29. The number of carbonyl (C=O) groups excluding carboxylic acids is 2. The number of ketones is 2. The summed E-state index contributed by atoms with van der Waals surface area (Å²) in [6.07, 6.45) is 31.8. The van der Waals surface area contributed by atoms with Gasteiger partial charge >= 0.3 is 5.97 Å². The Kier molecular flexibility index (Phi) is 31.0. The first kappa shape index (κ1) is 84.0. The van der Waals surface area contributed by atoms with E-state index in [9.17, 15) is 42.9 Å². The molecule has 3 saturated heterocycles. The monoisotopic (exact) mass is 1580 g/mol. The van der Waals surface area contributed by atoms with E-state index in [0.717, 1.165) is 150 Å². The van der Waals surface area contributed by atoms with E-state index in [1.807, 2.05) is 61.1 Å². The Balaban J connectivity index is 0.000000152. The Morgan fingerprint density at radius 3 is 1.10 bits per heavy atom. The van der Waals surface area contributed by atoms with Crippen molar-refractivity contribution in [1.82, 2.24) is 63.2 Å². The van der Waals surface area contributed by atoms with Crippen LogP contribution in [0.4, 0.5) is 13.2 Å². The number of para-hydroxylation sites is 1. The number of aromatic nitrogens is 9. The van der Waals surface area contributed by atoms with E-state index in [2.05, 4.69) is 53.2 Å². The molecule has 15 rings (SSSR count). The van der Waals surface area contributed by atoms with E-state index < -0.39 is 19.2 Å². The van der Waals surface area contributed by atoms with Crippen LogP contribution in [-0.2, 0) is 68.0 Å². The van der Waals surface area contributed by atoms with Gasteiger partial charge in [-0.1, -0.05) is 93.1 Å². The lowest BCUT2D eigenvalue weighted by molar-refractivity contribution is -0.0569. The van der Waals surface area contributed by atoms with Gasteiger partial charge < -0.3 is 48.1 Å². The van der Waals surface area contributed by atoms with Crippen molar-refractivity contribution in [2.24, 2.45) is 0 Å². The molecule has 3 aliphatic heterocycles. The number of ether oxygens (including phenoxy) is 3. The summed E-state index contributed by atoms with van der Waals surface area (Å²) >= 11 is 0. The molecule has 5 aliphatic rings. The number of imidazole rings is 3. The third-order valence-corrected chi connectivity index (χ3v) is 22.8. The Bertz CT molecular complexity index is 4720. The number of carboxylic acid groups (broad SMARTS) is 1. The molecule has 9 heterocycles. The topological polar surface area (TPSA) is 245 Å². The van der Waals surface area contributed by atoms with Crippen LogP contribution in [0.25, 0.3) is 34.6 Å². The molecule has 22 nitrogen and oxygen atoms in total. The van der Waals surface area contributed by atoms with E-state index in [1.54, 1.807) is 67.0 Å². The summed E-state index contributed by atoms with van der Waals surface area (Å²) in [4.78, 5) is 73.0. The predicted octanol–water partition coefficient (Wildman–Crippen LogP) is 14.2. The minimum atomic E-state index is -0.994. The molecule has 5 fully saturated rings. The Morgan fingerprint density at radius 2 is 0.733 bits per heavy atom. The van der Waals surface area contributed by atoms with E-state index in [0.29, 0.717) is 116 Å². The van der Waals surface area contributed by atoms with Crippen molar-refractivity contribution in [3.63, 3.8) is 0 Å². The third kappa shape index (κ3) is 24.3. The molecule has 0 bridgehead atoms. The Hall–Kier alpha value is -9.96. The second kappa shape index (κ2) is 42.8. The van der Waals surface area contributed by atoms with E-state index in [4.69, 9.17) is 24.2 Å². The summed E-state index contributed by atoms with van der Waals surface area (Å²) in [5.74, 6) is 0.463. The Morgan fingerprint density at radius 1 is 0.388 bits per heavy atom. The number of aliphatic hydroxyl groups excluding tert-OH is 2. The van der Waals surface area contributed by atoms with Gasteiger partial charge in [-0.05, 0) is 179 Å². The van der Waals surface area contributed by atoms with Gasteiger partial charge in [-0.3, -0.25) is 39.2 Å². The van der Waals surface area contributed by atoms with Crippen molar-refractivity contribution < 1.29 is 57.1 Å². The van der Waals surface area contributed by atoms with Gasteiger partial charge in [0.2, 0.25) is 0 Å². The fraction of sp³-hybridized carbons (Fsp3) is 0.440. The van der Waals surface area contributed by atoms with Gasteiger partial charge in [-0.2, -0.15) is 0 Å². The van der Waals surface area contributed by atoms with Crippen LogP contribution in [0.2, 0.25) is 0 Å². The summed E-state index contributed by atoms with van der Waals surface area (Å²) in [6, 6.07) is 39.2. The number of carbonyl (C=O) groups is 3. The maximum atomic E-state index is 13.4. The number of nitrogens with zero attached hydrogens (tertiary/aromatic N) is 13. The highest BCUT2D eigenvalue weighted by molar-refractivity contribution is 5.98. The van der Waals surface area contributed by atoms with Crippen molar-refractivity contribution >= 4 is 17.5 Å². The van der Waals surface area contributed by atoms with Crippen molar-refractivity contribution in [1.29, 1.82) is 0 Å². The number of aryl methyl sites for hydroxylation is 3. The van der Waals surface area contributed by atoms with Gasteiger partial charge in [-0.15, -0.1) is 0 Å². The van der Waals surface area contributed by atoms with Gasteiger partial charge in [-0.25, -0.2) is 32.9 Å². The molecule has 116 heavy (non-hydrogen) atoms. The van der Waals surface area contributed by atoms with Crippen LogP contribution >= 0.6 is 0 Å². The number of benzene rings is 4. The van der Waals surface area contributed by atoms with Crippen molar-refractivity contribution in [2.75, 3.05) is 78.7 Å². The van der Waals surface area contributed by atoms with Crippen LogP contribution in [0, 0.1) is 17.5 Å². The first-order valence-electron chi connectivity index (χ1n) is 41.4. The van der Waals surface area contributed by atoms with Crippen LogP contribution in [-0.4, -0.2) is 199 Å². The SMILES string of the molecule is O=C(CO)c1ccnc(-c2ncc(CN3CCC(OC4CCCCC4)CC3)n2CCc2ccc(F)cc2)c1.O=C(CO)c1ccnc(-c2ncc(CN3CCN(CCCOc4ccccc4)CC3)n2CCc2ccc(F)cc2)c1.O=C(O)c1ccnc(-c2ncc(CN3CCC(OC4CCCCC4)CC3)n2CCc2ccc(F)cc2)c1. The molecular weight excluding hydrogens is 1480 g/mol. The van der Waals surface area contributed by atoms with E-state index in [-0.39, 0.29) is 34.6 Å². The summed E-state index contributed by atoms with van der Waals surface area (Å²) in [7, 11) is 0. The molecule has 6 aromatic heterocycles. The number of piperazine rings is 1. The number of Topliss-reactive ketones (excluding diaryl/α,β-unsaturated/α-hetero) is 2. The zero-order chi connectivity index (χ0) is 80.4. The molecule has 0 spiro atoms. The molecule has 0 atom stereocenters. The molecule has 2 saturated carbocycles. The minimum Gasteiger partial charge on any atom is -0.494 e. The molecule has 2 aliphatic carbocycles. The lowest BCUT2D eigenvalue weighted by Gasteiger charge is -2.35. The number of piperidine rings is 2. The van der Waals surface area contributed by atoms with Crippen LogP contribution in [0.3, 0.4) is 0 Å². The second-order valence-corrected chi connectivity index (χ2v) is 30.9. The molecule has 3 N–H and O–H groups in total. The predicted molar refractivity (Wildman–Crippen MR) is 437 cm³/mol. The summed E-state index contributed by atoms with van der Waals surface area (Å²) in [5, 5.41) is 28.1. The Labute approximate surface area is 677 Å². The number of halogens is 3. The first-order valence-corrected chi connectivity index (χ1v) is 41.4. The highest BCUT2D eigenvalue weighted by atomic mass is 19.1. The lowest BCUT2D eigenvalue weighted by Crippen LogP contribution is -2.46. The molecule has 4 aromatic carbocycles. The van der Waals surface area contributed by atoms with Crippen LogP contribution in [0.15, 0.2) is 177 Å². The van der Waals surface area contributed by atoms with Crippen LogP contribution in [0.5, 0.6) is 5.75 Å². The quantitative estimate of drug-likeness (QED) is 0.0262. The number of rotatable bonds is 32. The number of aliphatic hydroxyl groups is 2. The maximum Gasteiger partial charge on any atom is 0.335 e. The summed E-state index contributed by atoms with van der Waals surface area (Å²) < 4.78 is 65.4. The van der Waals surface area contributed by atoms with Crippen molar-refractivity contribution in [3.05, 3.63) is 245 Å². The summed E-state index contributed by atoms with van der Waals surface area (Å²) in [5.41, 5.74) is 8.99. The van der Waals surface area contributed by atoms with Crippen molar-refractivity contribution in [3.8, 4) is 40.3 Å².